The molecule has 1 aliphatic heterocycles. The van der Waals surface area contributed by atoms with Crippen molar-refractivity contribution >= 4 is 17.2 Å². The number of hydrogen-bond donors (Lipinski definition) is 2. The molecule has 5 heteroatoms. The molecule has 1 aromatic heterocycles. The van der Waals surface area contributed by atoms with Crippen molar-refractivity contribution in [2.24, 2.45) is 0 Å². The van der Waals surface area contributed by atoms with Crippen molar-refractivity contribution in [2.75, 3.05) is 13.6 Å². The van der Waals surface area contributed by atoms with Gasteiger partial charge in [-0.05, 0) is 72.1 Å². The fourth-order valence-corrected chi connectivity index (χ4v) is 5.21. The molecule has 1 fully saturated rings. The first-order chi connectivity index (χ1) is 12.0. The lowest BCUT2D eigenvalue weighted by Crippen LogP contribution is -2.67. The summed E-state index contributed by atoms with van der Waals surface area (Å²) in [5.41, 5.74) is 3.41. The molecule has 4 rings (SSSR count). The second-order valence-corrected chi connectivity index (χ2v) is 8.39. The molecule has 1 saturated heterocycles. The van der Waals surface area contributed by atoms with Gasteiger partial charge in [0.1, 0.15) is 5.75 Å². The zero-order chi connectivity index (χ0) is 17.6. The van der Waals surface area contributed by atoms with Crippen molar-refractivity contribution < 1.29 is 9.90 Å². The Labute approximate surface area is 152 Å². The molecular weight excluding hydrogens is 332 g/mol. The SMILES string of the molecule is CN1CC[C@@]2(C)c3cc(O)ccc3C[C@@H]1[C@@H]2NC(=O)Cc1ccsc1. The number of piperidine rings is 1. The summed E-state index contributed by atoms with van der Waals surface area (Å²) in [5.74, 6) is 0.388. The standard InChI is InChI=1S/C20H24N2O2S/c1-20-6-7-22(2)17(10-14-3-4-15(23)11-16(14)20)19(20)21-18(24)9-13-5-8-25-12-13/h3-5,8,11-12,17,19,23H,6-7,9-10H2,1-2H3,(H,21,24)/t17-,19+,20+/m1/s1. The number of nitrogens with zero attached hydrogens (tertiary/aromatic N) is 1. The number of phenols is 1. The number of amides is 1. The van der Waals surface area contributed by atoms with Gasteiger partial charge in [0.2, 0.25) is 5.91 Å². The lowest BCUT2D eigenvalue weighted by Gasteiger charge is -2.54. The molecule has 132 valence electrons. The first-order valence-corrected chi connectivity index (χ1v) is 9.75. The van der Waals surface area contributed by atoms with Crippen molar-refractivity contribution in [3.05, 3.63) is 51.7 Å². The summed E-state index contributed by atoms with van der Waals surface area (Å²) < 4.78 is 0. The van der Waals surface area contributed by atoms with E-state index in [0.717, 1.165) is 24.9 Å². The molecule has 2 aromatic rings. The topological polar surface area (TPSA) is 52.6 Å². The Bertz CT molecular complexity index is 789. The van der Waals surface area contributed by atoms with Gasteiger partial charge in [-0.25, -0.2) is 0 Å². The van der Waals surface area contributed by atoms with Crippen LogP contribution in [-0.4, -0.2) is 41.6 Å². The number of carbonyl (C=O) groups excluding carboxylic acids is 1. The number of fused-ring (bicyclic) bond motifs is 4. The number of aromatic hydroxyl groups is 1. The van der Waals surface area contributed by atoms with E-state index in [2.05, 4.69) is 24.2 Å². The van der Waals surface area contributed by atoms with Gasteiger partial charge < -0.3 is 15.3 Å². The summed E-state index contributed by atoms with van der Waals surface area (Å²) in [7, 11) is 2.15. The fraction of sp³-hybridized carbons (Fsp3) is 0.450. The molecule has 3 atom stereocenters. The number of carbonyl (C=O) groups is 1. The summed E-state index contributed by atoms with van der Waals surface area (Å²) in [6, 6.07) is 8.07. The molecule has 25 heavy (non-hydrogen) atoms. The quantitative estimate of drug-likeness (QED) is 0.889. The minimum atomic E-state index is -0.145. The molecule has 2 aliphatic rings. The van der Waals surface area contributed by atoms with E-state index >= 15 is 0 Å². The minimum absolute atomic E-state index is 0.0617. The number of rotatable bonds is 3. The van der Waals surface area contributed by atoms with Gasteiger partial charge in [0, 0.05) is 11.5 Å². The Balaban J connectivity index is 1.65. The average Bonchev–Trinajstić information content (AvgIpc) is 3.07. The maximum Gasteiger partial charge on any atom is 0.224 e. The summed E-state index contributed by atoms with van der Waals surface area (Å²) in [6.07, 6.45) is 2.31. The molecule has 1 amide bonds. The largest absolute Gasteiger partial charge is 0.508 e. The Morgan fingerprint density at radius 1 is 1.44 bits per heavy atom. The number of thiophene rings is 1. The maximum atomic E-state index is 12.7. The van der Waals surface area contributed by atoms with E-state index < -0.39 is 0 Å². The van der Waals surface area contributed by atoms with E-state index in [1.54, 1.807) is 17.4 Å². The van der Waals surface area contributed by atoms with E-state index in [4.69, 9.17) is 0 Å². The molecular formula is C20H24N2O2S. The third-order valence-electron chi connectivity index (χ3n) is 6.02. The second kappa shape index (κ2) is 6.15. The van der Waals surface area contributed by atoms with Crippen molar-refractivity contribution in [1.29, 1.82) is 0 Å². The zero-order valence-electron chi connectivity index (χ0n) is 14.7. The van der Waals surface area contributed by atoms with Gasteiger partial charge in [-0.15, -0.1) is 0 Å². The Morgan fingerprint density at radius 2 is 2.28 bits per heavy atom. The average molecular weight is 356 g/mol. The van der Waals surface area contributed by atoms with E-state index in [-0.39, 0.29) is 17.4 Å². The number of phenolic OH excluding ortho intramolecular Hbond substituents is 1. The number of benzene rings is 1. The first kappa shape index (κ1) is 16.6. The van der Waals surface area contributed by atoms with Gasteiger partial charge in [-0.3, -0.25) is 4.79 Å². The van der Waals surface area contributed by atoms with Gasteiger partial charge in [0.05, 0.1) is 12.5 Å². The molecule has 1 aliphatic carbocycles. The first-order valence-electron chi connectivity index (χ1n) is 8.80. The van der Waals surface area contributed by atoms with Crippen LogP contribution in [0.25, 0.3) is 0 Å². The van der Waals surface area contributed by atoms with E-state index in [9.17, 15) is 9.90 Å². The van der Waals surface area contributed by atoms with E-state index in [1.165, 1.54) is 11.1 Å². The maximum absolute atomic E-state index is 12.7. The molecule has 1 aromatic carbocycles. The molecule has 2 heterocycles. The minimum Gasteiger partial charge on any atom is -0.508 e. The normalized spacial score (nSPS) is 28.4. The number of nitrogens with one attached hydrogen (secondary N) is 1. The lowest BCUT2D eigenvalue weighted by molar-refractivity contribution is -0.123. The van der Waals surface area contributed by atoms with Gasteiger partial charge >= 0.3 is 0 Å². The van der Waals surface area contributed by atoms with E-state index in [0.29, 0.717) is 18.2 Å². The molecule has 0 spiro atoms. The molecule has 2 N–H and O–H groups in total. The molecule has 0 saturated carbocycles. The number of hydrogen-bond acceptors (Lipinski definition) is 4. The van der Waals surface area contributed by atoms with Crippen LogP contribution in [0.2, 0.25) is 0 Å². The van der Waals surface area contributed by atoms with Crippen LogP contribution in [0.5, 0.6) is 5.75 Å². The number of likely N-dealkylation sites (tertiary alicyclic amines) is 1. The van der Waals surface area contributed by atoms with Crippen LogP contribution in [-0.2, 0) is 23.1 Å². The number of likely N-dealkylation sites (N-methyl/N-ethyl adjacent to an activating group) is 1. The molecule has 0 unspecified atom stereocenters. The van der Waals surface area contributed by atoms with E-state index in [1.807, 2.05) is 29.0 Å². The Hall–Kier alpha value is -1.85. The monoisotopic (exact) mass is 356 g/mol. The summed E-state index contributed by atoms with van der Waals surface area (Å²) >= 11 is 1.62. The fourth-order valence-electron chi connectivity index (χ4n) is 4.54. The van der Waals surface area contributed by atoms with Crippen LogP contribution < -0.4 is 5.32 Å². The highest BCUT2D eigenvalue weighted by atomic mass is 32.1. The summed E-state index contributed by atoms with van der Waals surface area (Å²) in [6.45, 7) is 3.24. The van der Waals surface area contributed by atoms with Gasteiger partial charge in [0.25, 0.3) is 0 Å². The third-order valence-corrected chi connectivity index (χ3v) is 6.75. The Kier molecular flexibility index (Phi) is 4.08. The lowest BCUT2D eigenvalue weighted by atomic mass is 9.61. The predicted molar refractivity (Wildman–Crippen MR) is 100 cm³/mol. The van der Waals surface area contributed by atoms with Crippen molar-refractivity contribution in [2.45, 2.75) is 43.7 Å². The summed E-state index contributed by atoms with van der Waals surface area (Å²) in [4.78, 5) is 15.0. The van der Waals surface area contributed by atoms with Gasteiger partial charge in [-0.2, -0.15) is 11.3 Å². The van der Waals surface area contributed by atoms with Crippen molar-refractivity contribution in [1.82, 2.24) is 10.2 Å². The third kappa shape index (κ3) is 2.85. The van der Waals surface area contributed by atoms with Crippen molar-refractivity contribution in [3.63, 3.8) is 0 Å². The Morgan fingerprint density at radius 3 is 3.04 bits per heavy atom. The highest BCUT2D eigenvalue weighted by Gasteiger charge is 2.50. The molecule has 0 radical (unpaired) electrons. The zero-order valence-corrected chi connectivity index (χ0v) is 15.5. The van der Waals surface area contributed by atoms with Crippen LogP contribution >= 0.6 is 11.3 Å². The highest BCUT2D eigenvalue weighted by molar-refractivity contribution is 7.08. The van der Waals surface area contributed by atoms with Crippen LogP contribution in [0, 0.1) is 0 Å². The highest BCUT2D eigenvalue weighted by Crippen LogP contribution is 2.45. The van der Waals surface area contributed by atoms with Crippen LogP contribution in [0.1, 0.15) is 30.0 Å². The summed E-state index contributed by atoms with van der Waals surface area (Å²) in [5, 5.41) is 17.4. The van der Waals surface area contributed by atoms with Gasteiger partial charge in [0.15, 0.2) is 0 Å². The van der Waals surface area contributed by atoms with Crippen LogP contribution in [0.3, 0.4) is 0 Å². The van der Waals surface area contributed by atoms with Crippen LogP contribution in [0.15, 0.2) is 35.0 Å². The molecule has 2 bridgehead atoms. The molecule has 4 nitrogen and oxygen atoms in total. The smallest absolute Gasteiger partial charge is 0.224 e. The van der Waals surface area contributed by atoms with Crippen molar-refractivity contribution in [3.8, 4) is 5.75 Å². The second-order valence-electron chi connectivity index (χ2n) is 7.61. The predicted octanol–water partition coefficient (Wildman–Crippen LogP) is 2.70. The van der Waals surface area contributed by atoms with Crippen LogP contribution in [0.4, 0.5) is 0 Å². The van der Waals surface area contributed by atoms with Gasteiger partial charge in [-0.1, -0.05) is 13.0 Å².